The zero-order valence-corrected chi connectivity index (χ0v) is 13.4. The van der Waals surface area contributed by atoms with Crippen LogP contribution in [0.3, 0.4) is 0 Å². The number of halogens is 2. The molecule has 1 aromatic carbocycles. The van der Waals surface area contributed by atoms with Gasteiger partial charge in [-0.2, -0.15) is 4.72 Å². The first kappa shape index (κ1) is 17.9. The monoisotopic (exact) mass is 337 g/mol. The molecule has 0 aromatic heterocycles. The van der Waals surface area contributed by atoms with Gasteiger partial charge in [-0.1, -0.05) is 25.4 Å². The third-order valence-corrected chi connectivity index (χ3v) is 4.74. The third kappa shape index (κ3) is 4.66. The van der Waals surface area contributed by atoms with E-state index in [1.54, 1.807) is 13.8 Å². The number of sulfonamides is 1. The molecular formula is C13H17ClFNO4S. The second-order valence-electron chi connectivity index (χ2n) is 5.17. The molecule has 1 rings (SSSR count). The molecule has 0 amide bonds. The van der Waals surface area contributed by atoms with Crippen LogP contribution in [-0.4, -0.2) is 25.5 Å². The summed E-state index contributed by atoms with van der Waals surface area (Å²) in [5.41, 5.74) is 0.107. The minimum Gasteiger partial charge on any atom is -0.480 e. The van der Waals surface area contributed by atoms with Crippen LogP contribution in [0.15, 0.2) is 17.0 Å². The lowest BCUT2D eigenvalue weighted by molar-refractivity contribution is -0.139. The summed E-state index contributed by atoms with van der Waals surface area (Å²) in [7, 11) is -4.15. The van der Waals surface area contributed by atoms with Crippen molar-refractivity contribution in [1.82, 2.24) is 4.72 Å². The zero-order chi connectivity index (χ0) is 16.4. The van der Waals surface area contributed by atoms with Crippen LogP contribution < -0.4 is 4.72 Å². The number of aliphatic carboxylic acids is 1. The Kier molecular flexibility index (Phi) is 5.72. The molecule has 5 nitrogen and oxygen atoms in total. The molecule has 2 N–H and O–H groups in total. The standard InChI is InChI=1S/C13H17ClFNO4S/c1-7(2)4-11(13(17)18)16-21(19,20)12-5-8(3)10(15)6-9(12)14/h5-7,11,16H,4H2,1-3H3,(H,17,18)/t11-/m1/s1. The van der Waals surface area contributed by atoms with Crippen LogP contribution in [0.5, 0.6) is 0 Å². The van der Waals surface area contributed by atoms with Crippen molar-refractivity contribution in [2.75, 3.05) is 0 Å². The van der Waals surface area contributed by atoms with Crippen LogP contribution in [-0.2, 0) is 14.8 Å². The zero-order valence-electron chi connectivity index (χ0n) is 11.9. The molecule has 0 unspecified atom stereocenters. The second-order valence-corrected chi connectivity index (χ2v) is 7.26. The first-order valence-corrected chi connectivity index (χ1v) is 8.11. The summed E-state index contributed by atoms with van der Waals surface area (Å²) in [5, 5.41) is 8.79. The number of aryl methyl sites for hydroxylation is 1. The first-order valence-electron chi connectivity index (χ1n) is 6.25. The van der Waals surface area contributed by atoms with Gasteiger partial charge in [0.25, 0.3) is 0 Å². The maximum absolute atomic E-state index is 13.3. The highest BCUT2D eigenvalue weighted by molar-refractivity contribution is 7.89. The molecule has 0 aliphatic heterocycles. The fourth-order valence-electron chi connectivity index (χ4n) is 1.76. The Morgan fingerprint density at radius 2 is 2.00 bits per heavy atom. The summed E-state index contributed by atoms with van der Waals surface area (Å²) in [5.74, 6) is -1.92. The third-order valence-electron chi connectivity index (χ3n) is 2.81. The lowest BCUT2D eigenvalue weighted by atomic mass is 10.1. The van der Waals surface area contributed by atoms with Gasteiger partial charge in [0.15, 0.2) is 0 Å². The molecule has 0 heterocycles. The molecule has 0 aliphatic rings. The molecule has 0 saturated carbocycles. The van der Waals surface area contributed by atoms with Crippen LogP contribution in [0.2, 0.25) is 5.02 Å². The quantitative estimate of drug-likeness (QED) is 0.835. The van der Waals surface area contributed by atoms with E-state index in [-0.39, 0.29) is 27.8 Å². The van der Waals surface area contributed by atoms with Crippen LogP contribution in [0.1, 0.15) is 25.8 Å². The maximum Gasteiger partial charge on any atom is 0.321 e. The van der Waals surface area contributed by atoms with Gasteiger partial charge in [0.05, 0.1) is 5.02 Å². The highest BCUT2D eigenvalue weighted by atomic mass is 35.5. The lowest BCUT2D eigenvalue weighted by Gasteiger charge is -2.17. The van der Waals surface area contributed by atoms with Crippen molar-refractivity contribution >= 4 is 27.6 Å². The molecule has 8 heteroatoms. The molecule has 1 atom stereocenters. The number of nitrogens with one attached hydrogen (secondary N) is 1. The number of hydrogen-bond acceptors (Lipinski definition) is 3. The minimum atomic E-state index is -4.15. The lowest BCUT2D eigenvalue weighted by Crippen LogP contribution is -2.41. The Balaban J connectivity index is 3.16. The molecule has 0 spiro atoms. The van der Waals surface area contributed by atoms with E-state index < -0.39 is 27.9 Å². The highest BCUT2D eigenvalue weighted by Gasteiger charge is 2.28. The predicted octanol–water partition coefficient (Wildman–Crippen LogP) is 2.57. The normalized spacial score (nSPS) is 13.4. The number of rotatable bonds is 6. The van der Waals surface area contributed by atoms with Gasteiger partial charge in [-0.05, 0) is 37.0 Å². The number of carbonyl (C=O) groups is 1. The summed E-state index contributed by atoms with van der Waals surface area (Å²) in [6.07, 6.45) is 0.131. The Bertz CT molecular complexity index is 646. The van der Waals surface area contributed by atoms with Crippen molar-refractivity contribution in [3.63, 3.8) is 0 Å². The van der Waals surface area contributed by atoms with Crippen molar-refractivity contribution in [3.8, 4) is 0 Å². The molecular weight excluding hydrogens is 321 g/mol. The SMILES string of the molecule is Cc1cc(S(=O)(=O)N[C@H](CC(C)C)C(=O)O)c(Cl)cc1F. The molecule has 0 bridgehead atoms. The van der Waals surface area contributed by atoms with Crippen LogP contribution in [0.25, 0.3) is 0 Å². The largest absolute Gasteiger partial charge is 0.480 e. The Morgan fingerprint density at radius 3 is 2.48 bits per heavy atom. The fourth-order valence-corrected chi connectivity index (χ4v) is 3.56. The second kappa shape index (κ2) is 6.72. The minimum absolute atomic E-state index is 0.0146. The molecule has 0 radical (unpaired) electrons. The molecule has 21 heavy (non-hydrogen) atoms. The van der Waals surface area contributed by atoms with Gasteiger partial charge < -0.3 is 5.11 Å². The average molecular weight is 338 g/mol. The van der Waals surface area contributed by atoms with Crippen LogP contribution in [0.4, 0.5) is 4.39 Å². The maximum atomic E-state index is 13.3. The van der Waals surface area contributed by atoms with Crippen molar-refractivity contribution in [3.05, 3.63) is 28.5 Å². The van der Waals surface area contributed by atoms with Gasteiger partial charge in [0.1, 0.15) is 16.8 Å². The number of benzene rings is 1. The van der Waals surface area contributed by atoms with Crippen molar-refractivity contribution in [2.24, 2.45) is 5.92 Å². The molecule has 0 aliphatic carbocycles. The number of carboxylic acids is 1. The van der Waals surface area contributed by atoms with Crippen molar-refractivity contribution in [2.45, 2.75) is 38.1 Å². The number of hydrogen-bond donors (Lipinski definition) is 2. The van der Waals surface area contributed by atoms with Gasteiger partial charge in [-0.25, -0.2) is 12.8 Å². The molecule has 118 valence electrons. The Labute approximate surface area is 128 Å². The van der Waals surface area contributed by atoms with Gasteiger partial charge in [0.2, 0.25) is 10.0 Å². The van der Waals surface area contributed by atoms with Crippen molar-refractivity contribution in [1.29, 1.82) is 0 Å². The smallest absolute Gasteiger partial charge is 0.321 e. The van der Waals surface area contributed by atoms with Gasteiger partial charge in [0, 0.05) is 0 Å². The summed E-state index contributed by atoms with van der Waals surface area (Å²) in [6, 6.07) is 0.703. The molecule has 0 fully saturated rings. The first-order chi connectivity index (χ1) is 9.54. The van der Waals surface area contributed by atoms with E-state index in [0.29, 0.717) is 0 Å². The van der Waals surface area contributed by atoms with E-state index in [4.69, 9.17) is 16.7 Å². The Hall–Kier alpha value is -1.18. The summed E-state index contributed by atoms with van der Waals surface area (Å²) in [4.78, 5) is 10.8. The Morgan fingerprint density at radius 1 is 1.43 bits per heavy atom. The van der Waals surface area contributed by atoms with Gasteiger partial charge in [-0.15, -0.1) is 0 Å². The number of carboxylic acid groups (broad SMARTS) is 1. The summed E-state index contributed by atoms with van der Waals surface area (Å²) >= 11 is 5.75. The molecule has 0 saturated heterocycles. The average Bonchev–Trinajstić information content (AvgIpc) is 2.31. The van der Waals surface area contributed by atoms with Gasteiger partial charge >= 0.3 is 5.97 Å². The fraction of sp³-hybridized carbons (Fsp3) is 0.462. The molecule has 1 aromatic rings. The highest BCUT2D eigenvalue weighted by Crippen LogP contribution is 2.25. The topological polar surface area (TPSA) is 83.5 Å². The van der Waals surface area contributed by atoms with E-state index in [1.807, 2.05) is 0 Å². The predicted molar refractivity (Wildman–Crippen MR) is 77.3 cm³/mol. The van der Waals surface area contributed by atoms with Crippen molar-refractivity contribution < 1.29 is 22.7 Å². The summed E-state index contributed by atoms with van der Waals surface area (Å²) in [6.45, 7) is 4.95. The van der Waals surface area contributed by atoms with Gasteiger partial charge in [-0.3, -0.25) is 4.79 Å². The van der Waals surface area contributed by atoms with E-state index in [1.165, 1.54) is 6.92 Å². The summed E-state index contributed by atoms with van der Waals surface area (Å²) < 4.78 is 39.9. The van der Waals surface area contributed by atoms with E-state index in [2.05, 4.69) is 4.72 Å². The van der Waals surface area contributed by atoms with Crippen LogP contribution >= 0.6 is 11.6 Å². The van der Waals surface area contributed by atoms with E-state index in [0.717, 1.165) is 12.1 Å². The van der Waals surface area contributed by atoms with E-state index >= 15 is 0 Å². The van der Waals surface area contributed by atoms with Crippen LogP contribution in [0, 0.1) is 18.7 Å². The van der Waals surface area contributed by atoms with E-state index in [9.17, 15) is 17.6 Å².